The first kappa shape index (κ1) is 16.8. The number of rotatable bonds is 2. The Kier molecular flexibility index (Phi) is 4.07. The van der Waals surface area contributed by atoms with E-state index in [1.54, 1.807) is 4.68 Å². The smallest absolute Gasteiger partial charge is 0.187 e. The van der Waals surface area contributed by atoms with Gasteiger partial charge in [0.2, 0.25) is 5.16 Å². The first-order valence-electron chi connectivity index (χ1n) is 7.82. The second-order valence-electron chi connectivity index (χ2n) is 5.89. The van der Waals surface area contributed by atoms with Gasteiger partial charge in [0.05, 0.1) is 11.3 Å². The number of halogens is 3. The van der Waals surface area contributed by atoms with E-state index in [0.717, 1.165) is 29.0 Å². The molecule has 0 unspecified atom stereocenters. The molecular formula is C18H13F3N4S. The van der Waals surface area contributed by atoms with Crippen LogP contribution in [0.2, 0.25) is 0 Å². The minimum atomic E-state index is -4.37. The van der Waals surface area contributed by atoms with Gasteiger partial charge >= 0.3 is 6.18 Å². The molecule has 2 aromatic carbocycles. The number of benzene rings is 2. The van der Waals surface area contributed by atoms with Crippen molar-refractivity contribution in [3.8, 4) is 11.4 Å². The molecule has 0 radical (unpaired) electrons. The summed E-state index contributed by atoms with van der Waals surface area (Å²) in [6.45, 7) is 2.02. The molecule has 2 heterocycles. The van der Waals surface area contributed by atoms with E-state index < -0.39 is 11.7 Å². The first-order valence-corrected chi connectivity index (χ1v) is 8.81. The van der Waals surface area contributed by atoms with E-state index in [9.17, 15) is 13.2 Å². The Balaban J connectivity index is 1.72. The fourth-order valence-electron chi connectivity index (χ4n) is 2.60. The van der Waals surface area contributed by atoms with Crippen LogP contribution in [0.25, 0.3) is 11.4 Å². The maximum atomic E-state index is 12.7. The van der Waals surface area contributed by atoms with E-state index in [0.29, 0.717) is 22.3 Å². The lowest BCUT2D eigenvalue weighted by atomic mass is 10.1. The van der Waals surface area contributed by atoms with E-state index in [4.69, 9.17) is 0 Å². The van der Waals surface area contributed by atoms with Gasteiger partial charge in [0.25, 0.3) is 0 Å². The predicted octanol–water partition coefficient (Wildman–Crippen LogP) is 4.63. The third-order valence-electron chi connectivity index (χ3n) is 4.03. The first-order chi connectivity index (χ1) is 12.4. The molecule has 26 heavy (non-hydrogen) atoms. The Hall–Kier alpha value is -2.61. The number of fused-ring (bicyclic) bond motifs is 1. The number of aryl methyl sites for hydroxylation is 1. The minimum Gasteiger partial charge on any atom is -0.187 e. The lowest BCUT2D eigenvalue weighted by Crippen LogP contribution is -2.13. The SMILES string of the molecule is Cc1ccc(C2=Nn3c(nnc3-c3ccc(C(F)(F)F)cc3)SC2)cc1. The molecule has 1 aliphatic rings. The zero-order chi connectivity index (χ0) is 18.3. The second-order valence-corrected chi connectivity index (χ2v) is 6.84. The molecule has 0 spiro atoms. The fourth-order valence-corrected chi connectivity index (χ4v) is 3.44. The average Bonchev–Trinajstić information content (AvgIpc) is 3.05. The molecule has 0 saturated heterocycles. The quantitative estimate of drug-likeness (QED) is 0.657. The molecule has 0 atom stereocenters. The fraction of sp³-hybridized carbons (Fsp3) is 0.167. The van der Waals surface area contributed by atoms with Gasteiger partial charge in [0.15, 0.2) is 5.82 Å². The van der Waals surface area contributed by atoms with Gasteiger partial charge in [-0.25, -0.2) is 0 Å². The van der Waals surface area contributed by atoms with Crippen LogP contribution in [0.1, 0.15) is 16.7 Å². The Morgan fingerprint density at radius 1 is 0.923 bits per heavy atom. The summed E-state index contributed by atoms with van der Waals surface area (Å²) >= 11 is 1.50. The van der Waals surface area contributed by atoms with Gasteiger partial charge in [-0.2, -0.15) is 22.9 Å². The molecule has 0 saturated carbocycles. The molecule has 132 valence electrons. The minimum absolute atomic E-state index is 0.422. The molecule has 0 aliphatic carbocycles. The van der Waals surface area contributed by atoms with Crippen LogP contribution >= 0.6 is 11.8 Å². The summed E-state index contributed by atoms with van der Waals surface area (Å²) in [5.41, 5.74) is 2.87. The van der Waals surface area contributed by atoms with E-state index >= 15 is 0 Å². The highest BCUT2D eigenvalue weighted by Gasteiger charge is 2.30. The van der Waals surface area contributed by atoms with E-state index in [1.165, 1.54) is 23.9 Å². The van der Waals surface area contributed by atoms with Crippen molar-refractivity contribution in [2.45, 2.75) is 18.3 Å². The average molecular weight is 374 g/mol. The molecule has 0 bridgehead atoms. The number of hydrogen-bond donors (Lipinski definition) is 0. The van der Waals surface area contributed by atoms with Gasteiger partial charge in [0, 0.05) is 11.3 Å². The number of thioether (sulfide) groups is 1. The molecule has 4 rings (SSSR count). The van der Waals surface area contributed by atoms with Crippen molar-refractivity contribution in [3.63, 3.8) is 0 Å². The topological polar surface area (TPSA) is 43.1 Å². The van der Waals surface area contributed by atoms with Crippen molar-refractivity contribution >= 4 is 17.5 Å². The standard InChI is InChI=1S/C18H13F3N4S/c1-11-2-4-12(5-3-11)15-10-26-17-23-22-16(25(17)24-15)13-6-8-14(9-7-13)18(19,20)21/h2-9H,10H2,1H3. The number of aromatic nitrogens is 3. The summed E-state index contributed by atoms with van der Waals surface area (Å²) in [4.78, 5) is 0. The van der Waals surface area contributed by atoms with Gasteiger partial charge in [-0.15, -0.1) is 10.2 Å². The summed E-state index contributed by atoms with van der Waals surface area (Å²) in [6, 6.07) is 12.9. The largest absolute Gasteiger partial charge is 0.416 e. The van der Waals surface area contributed by atoms with Crippen LogP contribution in [0, 0.1) is 6.92 Å². The molecular weight excluding hydrogens is 361 g/mol. The highest BCUT2D eigenvalue weighted by molar-refractivity contribution is 7.99. The van der Waals surface area contributed by atoms with Gasteiger partial charge in [-0.1, -0.05) is 53.7 Å². The van der Waals surface area contributed by atoms with Crippen molar-refractivity contribution in [1.82, 2.24) is 14.9 Å². The zero-order valence-corrected chi connectivity index (χ0v) is 14.5. The maximum absolute atomic E-state index is 12.7. The van der Waals surface area contributed by atoms with Gasteiger partial charge in [0.1, 0.15) is 0 Å². The van der Waals surface area contributed by atoms with Crippen molar-refractivity contribution in [2.75, 3.05) is 5.75 Å². The zero-order valence-electron chi connectivity index (χ0n) is 13.7. The molecule has 0 amide bonds. The summed E-state index contributed by atoms with van der Waals surface area (Å²) in [7, 11) is 0. The maximum Gasteiger partial charge on any atom is 0.416 e. The highest BCUT2D eigenvalue weighted by atomic mass is 32.2. The molecule has 3 aromatic rings. The van der Waals surface area contributed by atoms with E-state index in [1.807, 2.05) is 31.2 Å². The van der Waals surface area contributed by atoms with Gasteiger partial charge in [-0.05, 0) is 24.6 Å². The monoisotopic (exact) mass is 374 g/mol. The highest BCUT2D eigenvalue weighted by Crippen LogP contribution is 2.32. The predicted molar refractivity (Wildman–Crippen MR) is 94.3 cm³/mol. The third kappa shape index (κ3) is 3.12. The molecule has 4 nitrogen and oxygen atoms in total. The number of alkyl halides is 3. The molecule has 0 N–H and O–H groups in total. The van der Waals surface area contributed by atoms with Crippen LogP contribution < -0.4 is 0 Å². The summed E-state index contributed by atoms with van der Waals surface area (Å²) in [6.07, 6.45) is -4.37. The van der Waals surface area contributed by atoms with Gasteiger partial charge in [-0.3, -0.25) is 0 Å². The summed E-state index contributed by atoms with van der Waals surface area (Å²) in [5, 5.41) is 13.4. The Morgan fingerprint density at radius 3 is 2.23 bits per heavy atom. The van der Waals surface area contributed by atoms with Gasteiger partial charge < -0.3 is 0 Å². The van der Waals surface area contributed by atoms with Crippen LogP contribution in [-0.4, -0.2) is 26.3 Å². The lowest BCUT2D eigenvalue weighted by Gasteiger charge is -2.14. The van der Waals surface area contributed by atoms with Crippen LogP contribution in [-0.2, 0) is 6.18 Å². The number of hydrogen-bond acceptors (Lipinski definition) is 4. The van der Waals surface area contributed by atoms with Crippen molar-refractivity contribution < 1.29 is 13.2 Å². The molecule has 8 heteroatoms. The van der Waals surface area contributed by atoms with E-state index in [-0.39, 0.29) is 0 Å². The van der Waals surface area contributed by atoms with Crippen molar-refractivity contribution in [1.29, 1.82) is 0 Å². The summed E-state index contributed by atoms with van der Waals surface area (Å²) in [5.74, 6) is 1.08. The molecule has 1 aliphatic heterocycles. The number of nitrogens with zero attached hydrogens (tertiary/aromatic N) is 4. The van der Waals surface area contributed by atoms with Crippen LogP contribution in [0.5, 0.6) is 0 Å². The second kappa shape index (κ2) is 6.28. The Labute approximate surface area is 151 Å². The molecule has 1 aromatic heterocycles. The lowest BCUT2D eigenvalue weighted by molar-refractivity contribution is -0.137. The van der Waals surface area contributed by atoms with Crippen molar-refractivity contribution in [2.24, 2.45) is 5.10 Å². The molecule has 0 fully saturated rings. The van der Waals surface area contributed by atoms with Crippen molar-refractivity contribution in [3.05, 3.63) is 65.2 Å². The van der Waals surface area contributed by atoms with Crippen LogP contribution in [0.4, 0.5) is 13.2 Å². The summed E-state index contributed by atoms with van der Waals surface area (Å²) < 4.78 is 39.8. The van der Waals surface area contributed by atoms with E-state index in [2.05, 4.69) is 15.3 Å². The third-order valence-corrected chi connectivity index (χ3v) is 4.96. The van der Waals surface area contributed by atoms with Crippen LogP contribution in [0.3, 0.4) is 0 Å². The Morgan fingerprint density at radius 2 is 1.58 bits per heavy atom. The normalized spacial score (nSPS) is 14.1. The van der Waals surface area contributed by atoms with Crippen LogP contribution in [0.15, 0.2) is 58.8 Å². The Bertz CT molecular complexity index is 973.